The van der Waals surface area contributed by atoms with Crippen molar-refractivity contribution in [3.63, 3.8) is 0 Å². The number of phenols is 1. The van der Waals surface area contributed by atoms with Crippen molar-refractivity contribution in [2.24, 2.45) is 0 Å². The summed E-state index contributed by atoms with van der Waals surface area (Å²) in [6.07, 6.45) is 0. The molecule has 19 heavy (non-hydrogen) atoms. The molecule has 1 heterocycles. The van der Waals surface area contributed by atoms with Gasteiger partial charge >= 0.3 is 0 Å². The lowest BCUT2D eigenvalue weighted by Crippen LogP contribution is -1.99. The summed E-state index contributed by atoms with van der Waals surface area (Å²) in [6.45, 7) is 1.95. The molecule has 0 radical (unpaired) electrons. The van der Waals surface area contributed by atoms with Gasteiger partial charge in [0, 0.05) is 4.47 Å². The van der Waals surface area contributed by atoms with Crippen LogP contribution in [0.2, 0.25) is 0 Å². The predicted molar refractivity (Wildman–Crippen MR) is 80.7 cm³/mol. The van der Waals surface area contributed by atoms with Crippen molar-refractivity contribution >= 4 is 42.9 Å². The Morgan fingerprint density at radius 3 is 2.58 bits per heavy atom. The molecule has 96 valence electrons. The van der Waals surface area contributed by atoms with Gasteiger partial charge in [0.2, 0.25) is 0 Å². The molecule has 0 saturated heterocycles. The summed E-state index contributed by atoms with van der Waals surface area (Å²) < 4.78 is 1.58. The Balaban J connectivity index is 2.24. The number of rotatable bonds is 1. The van der Waals surface area contributed by atoms with Gasteiger partial charge in [-0.2, -0.15) is 0 Å². The second-order valence-electron chi connectivity index (χ2n) is 4.24. The van der Waals surface area contributed by atoms with E-state index in [0.29, 0.717) is 10.2 Å². The normalized spacial score (nSPS) is 11.1. The Hall–Kier alpha value is -1.40. The van der Waals surface area contributed by atoms with Crippen LogP contribution in [0.1, 0.15) is 5.56 Å². The highest BCUT2D eigenvalue weighted by Gasteiger charge is 2.12. The van der Waals surface area contributed by atoms with Crippen LogP contribution in [0.25, 0.3) is 16.7 Å². The number of aromatic nitrogens is 3. The third-order valence-corrected chi connectivity index (χ3v) is 3.84. The molecule has 0 bridgehead atoms. The number of benzene rings is 2. The number of nitrogens with zero attached hydrogens (tertiary/aromatic N) is 3. The molecule has 3 rings (SSSR count). The first-order chi connectivity index (χ1) is 9.04. The van der Waals surface area contributed by atoms with Gasteiger partial charge in [0.1, 0.15) is 16.7 Å². The zero-order chi connectivity index (χ0) is 13.6. The molecule has 4 nitrogen and oxygen atoms in total. The number of hydrogen-bond acceptors (Lipinski definition) is 3. The lowest BCUT2D eigenvalue weighted by molar-refractivity contribution is 0.464. The molecule has 0 fully saturated rings. The maximum atomic E-state index is 10.1. The van der Waals surface area contributed by atoms with Gasteiger partial charge in [-0.05, 0) is 58.7 Å². The maximum Gasteiger partial charge on any atom is 0.157 e. The van der Waals surface area contributed by atoms with Crippen LogP contribution in [0, 0.1) is 6.92 Å². The second kappa shape index (κ2) is 4.61. The van der Waals surface area contributed by atoms with Gasteiger partial charge < -0.3 is 5.11 Å². The summed E-state index contributed by atoms with van der Waals surface area (Å²) >= 11 is 6.72. The number of halogens is 2. The van der Waals surface area contributed by atoms with Crippen LogP contribution >= 0.6 is 31.9 Å². The van der Waals surface area contributed by atoms with Crippen molar-refractivity contribution in [1.82, 2.24) is 15.0 Å². The Morgan fingerprint density at radius 2 is 1.79 bits per heavy atom. The largest absolute Gasteiger partial charge is 0.505 e. The van der Waals surface area contributed by atoms with Gasteiger partial charge in [0.05, 0.1) is 4.47 Å². The van der Waals surface area contributed by atoms with Gasteiger partial charge in [-0.15, -0.1) is 15.0 Å². The van der Waals surface area contributed by atoms with E-state index in [2.05, 4.69) is 42.1 Å². The van der Waals surface area contributed by atoms with Crippen molar-refractivity contribution in [1.29, 1.82) is 0 Å². The monoisotopic (exact) mass is 381 g/mol. The molecule has 2 aromatic carbocycles. The van der Waals surface area contributed by atoms with Crippen LogP contribution in [0.15, 0.2) is 39.3 Å². The highest BCUT2D eigenvalue weighted by Crippen LogP contribution is 2.31. The molecule has 1 aromatic heterocycles. The minimum atomic E-state index is 0.130. The van der Waals surface area contributed by atoms with Gasteiger partial charge in [-0.25, -0.2) is 0 Å². The molecule has 0 aliphatic rings. The fourth-order valence-corrected chi connectivity index (χ4v) is 2.78. The molecular weight excluding hydrogens is 374 g/mol. The molecule has 0 unspecified atom stereocenters. The molecule has 0 saturated carbocycles. The first kappa shape index (κ1) is 12.6. The van der Waals surface area contributed by atoms with E-state index in [1.165, 1.54) is 4.80 Å². The highest BCUT2D eigenvalue weighted by molar-refractivity contribution is 9.10. The van der Waals surface area contributed by atoms with E-state index in [9.17, 15) is 5.11 Å². The summed E-state index contributed by atoms with van der Waals surface area (Å²) in [4.78, 5) is 1.45. The van der Waals surface area contributed by atoms with Crippen molar-refractivity contribution in [2.75, 3.05) is 0 Å². The van der Waals surface area contributed by atoms with Gasteiger partial charge in [-0.3, -0.25) is 0 Å². The first-order valence-corrected chi connectivity index (χ1v) is 7.15. The van der Waals surface area contributed by atoms with Crippen LogP contribution in [0.4, 0.5) is 0 Å². The minimum absolute atomic E-state index is 0.130. The van der Waals surface area contributed by atoms with E-state index < -0.39 is 0 Å². The first-order valence-electron chi connectivity index (χ1n) is 5.57. The van der Waals surface area contributed by atoms with E-state index in [1.807, 2.05) is 37.3 Å². The molecule has 6 heteroatoms. The summed E-state index contributed by atoms with van der Waals surface area (Å²) in [7, 11) is 0. The number of aryl methyl sites for hydroxylation is 1. The Morgan fingerprint density at radius 1 is 1.05 bits per heavy atom. The zero-order valence-corrected chi connectivity index (χ0v) is 13.1. The summed E-state index contributed by atoms with van der Waals surface area (Å²) in [5, 5.41) is 18.9. The van der Waals surface area contributed by atoms with E-state index >= 15 is 0 Å². The SMILES string of the molecule is Cc1cc(Br)c(O)c(-n2nc3ccc(Br)cc3n2)c1. The highest BCUT2D eigenvalue weighted by atomic mass is 79.9. The van der Waals surface area contributed by atoms with Crippen LogP contribution in [-0.2, 0) is 0 Å². The van der Waals surface area contributed by atoms with Gasteiger partial charge in [0.25, 0.3) is 0 Å². The van der Waals surface area contributed by atoms with Crippen LogP contribution < -0.4 is 0 Å². The summed E-state index contributed by atoms with van der Waals surface area (Å²) in [6, 6.07) is 9.37. The maximum absolute atomic E-state index is 10.1. The number of fused-ring (bicyclic) bond motifs is 1. The smallest absolute Gasteiger partial charge is 0.157 e. The molecule has 0 aliphatic carbocycles. The molecule has 0 atom stereocenters. The second-order valence-corrected chi connectivity index (χ2v) is 6.01. The fourth-order valence-electron chi connectivity index (χ4n) is 1.86. The average molecular weight is 383 g/mol. The Kier molecular flexibility index (Phi) is 3.06. The van der Waals surface area contributed by atoms with Crippen molar-refractivity contribution in [3.8, 4) is 11.4 Å². The van der Waals surface area contributed by atoms with Crippen molar-refractivity contribution in [3.05, 3.63) is 44.8 Å². The molecular formula is C13H9Br2N3O. The Labute approximate surface area is 126 Å². The van der Waals surface area contributed by atoms with E-state index in [4.69, 9.17) is 0 Å². The van der Waals surface area contributed by atoms with Gasteiger partial charge in [0.15, 0.2) is 5.75 Å². The third-order valence-electron chi connectivity index (χ3n) is 2.75. The summed E-state index contributed by atoms with van der Waals surface area (Å²) in [5.41, 5.74) is 3.12. The lowest BCUT2D eigenvalue weighted by atomic mass is 10.2. The number of hydrogen-bond donors (Lipinski definition) is 1. The van der Waals surface area contributed by atoms with Crippen molar-refractivity contribution in [2.45, 2.75) is 6.92 Å². The topological polar surface area (TPSA) is 50.9 Å². The molecule has 3 aromatic rings. The quantitative estimate of drug-likeness (QED) is 0.692. The lowest BCUT2D eigenvalue weighted by Gasteiger charge is -2.06. The molecule has 0 amide bonds. The predicted octanol–water partition coefficient (Wildman–Crippen LogP) is 3.96. The van der Waals surface area contributed by atoms with Gasteiger partial charge in [-0.1, -0.05) is 15.9 Å². The van der Waals surface area contributed by atoms with E-state index in [0.717, 1.165) is 21.1 Å². The summed E-state index contributed by atoms with van der Waals surface area (Å²) in [5.74, 6) is 0.130. The molecule has 0 spiro atoms. The Bertz CT molecular complexity index is 783. The van der Waals surface area contributed by atoms with E-state index in [1.54, 1.807) is 0 Å². The number of aromatic hydroxyl groups is 1. The van der Waals surface area contributed by atoms with Crippen molar-refractivity contribution < 1.29 is 5.11 Å². The molecule has 1 N–H and O–H groups in total. The molecule has 0 aliphatic heterocycles. The average Bonchev–Trinajstić information content (AvgIpc) is 2.76. The number of phenolic OH excluding ortho intramolecular Hbond substituents is 1. The third kappa shape index (κ3) is 2.26. The van der Waals surface area contributed by atoms with Crippen LogP contribution in [0.3, 0.4) is 0 Å². The van der Waals surface area contributed by atoms with Crippen LogP contribution in [-0.4, -0.2) is 20.1 Å². The van der Waals surface area contributed by atoms with E-state index in [-0.39, 0.29) is 5.75 Å². The fraction of sp³-hybridized carbons (Fsp3) is 0.0769. The minimum Gasteiger partial charge on any atom is -0.505 e. The zero-order valence-electron chi connectivity index (χ0n) is 9.93. The standard InChI is InChI=1S/C13H9Br2N3O/c1-7-4-9(15)13(19)12(5-7)18-16-10-3-2-8(14)6-11(10)17-18/h2-6,19H,1H3. The van der Waals surface area contributed by atoms with Crippen LogP contribution in [0.5, 0.6) is 5.75 Å².